The summed E-state index contributed by atoms with van der Waals surface area (Å²) in [6.45, 7) is 0. The topological polar surface area (TPSA) is 32.3 Å². The van der Waals surface area contributed by atoms with Crippen molar-refractivity contribution >= 4 is 0 Å². The van der Waals surface area contributed by atoms with Gasteiger partial charge in [0.15, 0.2) is 0 Å². The molecule has 0 spiro atoms. The van der Waals surface area contributed by atoms with E-state index in [1.54, 1.807) is 0 Å². The lowest BCUT2D eigenvalue weighted by molar-refractivity contribution is -0.0537. The first-order chi connectivity index (χ1) is 9.08. The Kier molecular flexibility index (Phi) is 5.58. The number of aliphatic hydroxyl groups excluding tert-OH is 1. The Morgan fingerprint density at radius 2 is 1.47 bits per heavy atom. The maximum atomic E-state index is 14.2. The lowest BCUT2D eigenvalue weighted by Gasteiger charge is -2.34. The summed E-state index contributed by atoms with van der Waals surface area (Å²) < 4.78 is 28.4. The molecule has 0 saturated heterocycles. The van der Waals surface area contributed by atoms with Crippen molar-refractivity contribution in [2.75, 3.05) is 0 Å². The third-order valence-corrected chi connectivity index (χ3v) is 4.65. The van der Waals surface area contributed by atoms with E-state index in [1.165, 1.54) is 0 Å². The predicted molar refractivity (Wildman–Crippen MR) is 72.5 cm³/mol. The van der Waals surface area contributed by atoms with Crippen molar-refractivity contribution in [2.45, 2.75) is 94.7 Å². The fourth-order valence-corrected chi connectivity index (χ4v) is 3.36. The molecule has 0 radical (unpaired) electrons. The number of aliphatic hydroxyl groups is 1. The van der Waals surface area contributed by atoms with Crippen LogP contribution in [-0.2, 0) is 0 Å². The zero-order chi connectivity index (χ0) is 13.7. The van der Waals surface area contributed by atoms with Crippen molar-refractivity contribution in [3.05, 3.63) is 0 Å². The smallest absolute Gasteiger partial charge is 0.263 e. The van der Waals surface area contributed by atoms with Crippen LogP contribution >= 0.6 is 0 Å². The van der Waals surface area contributed by atoms with Crippen LogP contribution in [0.25, 0.3) is 0 Å². The molecule has 0 bridgehead atoms. The number of alkyl halides is 2. The molecule has 0 aromatic carbocycles. The zero-order valence-electron chi connectivity index (χ0n) is 11.7. The summed E-state index contributed by atoms with van der Waals surface area (Å²) in [5, 5.41) is 12.7. The fourth-order valence-electron chi connectivity index (χ4n) is 3.36. The van der Waals surface area contributed by atoms with Gasteiger partial charge in [-0.2, -0.15) is 0 Å². The molecular formula is C15H27F2NO. The van der Waals surface area contributed by atoms with Crippen molar-refractivity contribution in [2.24, 2.45) is 0 Å². The lowest BCUT2D eigenvalue weighted by Crippen LogP contribution is -2.50. The summed E-state index contributed by atoms with van der Waals surface area (Å²) in [7, 11) is 0. The molecule has 2 N–H and O–H groups in total. The minimum atomic E-state index is -2.57. The Hall–Kier alpha value is -0.220. The third-order valence-electron chi connectivity index (χ3n) is 4.65. The molecule has 2 rings (SSSR count). The second-order valence-corrected chi connectivity index (χ2v) is 6.29. The largest absolute Gasteiger partial charge is 0.393 e. The summed E-state index contributed by atoms with van der Waals surface area (Å²) in [4.78, 5) is 0. The van der Waals surface area contributed by atoms with E-state index < -0.39 is 12.0 Å². The highest BCUT2D eigenvalue weighted by Gasteiger charge is 2.40. The van der Waals surface area contributed by atoms with Gasteiger partial charge in [-0.25, -0.2) is 8.78 Å². The fraction of sp³-hybridized carbons (Fsp3) is 1.00. The van der Waals surface area contributed by atoms with Crippen LogP contribution in [0.3, 0.4) is 0 Å². The average Bonchev–Trinajstić information content (AvgIpc) is 2.45. The van der Waals surface area contributed by atoms with Gasteiger partial charge >= 0.3 is 0 Å². The standard InChI is InChI=1S/C15H27F2NO/c16-15(17)11-5-3-1-2-4-6-14(15)18-12-7-9-13(19)10-8-12/h12-14,18-19H,1-11H2. The molecule has 1 atom stereocenters. The van der Waals surface area contributed by atoms with Crippen molar-refractivity contribution in [1.29, 1.82) is 0 Å². The van der Waals surface area contributed by atoms with Crippen LogP contribution < -0.4 is 5.32 Å². The second kappa shape index (κ2) is 6.98. The molecule has 0 amide bonds. The van der Waals surface area contributed by atoms with Gasteiger partial charge in [-0.1, -0.05) is 25.7 Å². The van der Waals surface area contributed by atoms with E-state index in [4.69, 9.17) is 0 Å². The Morgan fingerprint density at radius 1 is 0.842 bits per heavy atom. The van der Waals surface area contributed by atoms with Crippen LogP contribution in [0.15, 0.2) is 0 Å². The van der Waals surface area contributed by atoms with Crippen LogP contribution in [-0.4, -0.2) is 29.2 Å². The van der Waals surface area contributed by atoms with Gasteiger partial charge in [-0.3, -0.25) is 0 Å². The molecule has 0 aliphatic heterocycles. The van der Waals surface area contributed by atoms with Gasteiger partial charge in [0.2, 0.25) is 0 Å². The van der Waals surface area contributed by atoms with E-state index in [2.05, 4.69) is 5.32 Å². The minimum Gasteiger partial charge on any atom is -0.393 e. The first kappa shape index (κ1) is 15.2. The van der Waals surface area contributed by atoms with Crippen LogP contribution in [0.4, 0.5) is 8.78 Å². The molecule has 112 valence electrons. The summed E-state index contributed by atoms with van der Waals surface area (Å²) in [5.74, 6) is -2.57. The lowest BCUT2D eigenvalue weighted by atomic mass is 9.91. The molecule has 2 nitrogen and oxygen atoms in total. The first-order valence-electron chi connectivity index (χ1n) is 7.90. The molecule has 19 heavy (non-hydrogen) atoms. The van der Waals surface area contributed by atoms with Crippen molar-refractivity contribution in [1.82, 2.24) is 5.32 Å². The molecule has 2 saturated carbocycles. The summed E-state index contributed by atoms with van der Waals surface area (Å²) >= 11 is 0. The van der Waals surface area contributed by atoms with E-state index in [1.807, 2.05) is 0 Å². The van der Waals surface area contributed by atoms with Crippen molar-refractivity contribution in [3.63, 3.8) is 0 Å². The highest BCUT2D eigenvalue weighted by atomic mass is 19.3. The molecule has 0 aromatic rings. The molecule has 0 heterocycles. The predicted octanol–water partition coefficient (Wildman–Crippen LogP) is 3.63. The van der Waals surface area contributed by atoms with Gasteiger partial charge in [-0.05, 0) is 38.5 Å². The highest BCUT2D eigenvalue weighted by molar-refractivity contribution is 4.88. The van der Waals surface area contributed by atoms with Gasteiger partial charge in [0.1, 0.15) is 0 Å². The molecule has 4 heteroatoms. The molecule has 1 unspecified atom stereocenters. The van der Waals surface area contributed by atoms with E-state index in [-0.39, 0.29) is 18.6 Å². The van der Waals surface area contributed by atoms with Gasteiger partial charge in [0, 0.05) is 12.5 Å². The molecule has 2 fully saturated rings. The zero-order valence-corrected chi connectivity index (χ0v) is 11.7. The Bertz CT molecular complexity index is 265. The Labute approximate surface area is 115 Å². The number of nitrogens with one attached hydrogen (secondary N) is 1. The maximum absolute atomic E-state index is 14.2. The average molecular weight is 275 g/mol. The van der Waals surface area contributed by atoms with Gasteiger partial charge in [0.25, 0.3) is 5.92 Å². The van der Waals surface area contributed by atoms with Crippen LogP contribution in [0.5, 0.6) is 0 Å². The summed E-state index contributed by atoms with van der Waals surface area (Å²) in [6.07, 6.45) is 8.21. The quantitative estimate of drug-likeness (QED) is 0.806. The van der Waals surface area contributed by atoms with Gasteiger partial charge in [-0.15, -0.1) is 0 Å². The molecule has 2 aliphatic carbocycles. The van der Waals surface area contributed by atoms with Crippen LogP contribution in [0, 0.1) is 0 Å². The highest BCUT2D eigenvalue weighted by Crippen LogP contribution is 2.32. The molecular weight excluding hydrogens is 248 g/mol. The van der Waals surface area contributed by atoms with E-state index in [0.717, 1.165) is 51.4 Å². The third kappa shape index (κ3) is 4.67. The van der Waals surface area contributed by atoms with Crippen LogP contribution in [0.1, 0.15) is 70.6 Å². The normalized spacial score (nSPS) is 37.1. The number of hydrogen-bond donors (Lipinski definition) is 2. The molecule has 2 aliphatic rings. The number of hydrogen-bond acceptors (Lipinski definition) is 2. The summed E-state index contributed by atoms with van der Waals surface area (Å²) in [5.41, 5.74) is 0. The van der Waals surface area contributed by atoms with Crippen molar-refractivity contribution in [3.8, 4) is 0 Å². The van der Waals surface area contributed by atoms with E-state index in [9.17, 15) is 13.9 Å². The maximum Gasteiger partial charge on any atom is 0.263 e. The van der Waals surface area contributed by atoms with Crippen molar-refractivity contribution < 1.29 is 13.9 Å². The van der Waals surface area contributed by atoms with Gasteiger partial charge < -0.3 is 10.4 Å². The van der Waals surface area contributed by atoms with E-state index >= 15 is 0 Å². The number of rotatable bonds is 2. The monoisotopic (exact) mass is 275 g/mol. The Morgan fingerprint density at radius 3 is 2.21 bits per heavy atom. The van der Waals surface area contributed by atoms with Gasteiger partial charge in [0.05, 0.1) is 12.1 Å². The molecule has 0 aromatic heterocycles. The van der Waals surface area contributed by atoms with E-state index in [0.29, 0.717) is 12.8 Å². The second-order valence-electron chi connectivity index (χ2n) is 6.29. The Balaban J connectivity index is 1.90. The van der Waals surface area contributed by atoms with Crippen LogP contribution in [0.2, 0.25) is 0 Å². The SMILES string of the molecule is OC1CCC(NC2CCCCCCCC2(F)F)CC1. The first-order valence-corrected chi connectivity index (χ1v) is 7.90. The summed E-state index contributed by atoms with van der Waals surface area (Å²) in [6, 6.07) is -0.495. The minimum absolute atomic E-state index is 0.0278. The number of halogens is 2.